The third-order valence-electron chi connectivity index (χ3n) is 3.99. The maximum absolute atomic E-state index is 10.7. The smallest absolute Gasteiger partial charge is 0.235 e. The van der Waals surface area contributed by atoms with Crippen molar-refractivity contribution in [1.82, 2.24) is 0 Å². The minimum atomic E-state index is -0.302. The number of ether oxygens (including phenoxy) is 1. The summed E-state index contributed by atoms with van der Waals surface area (Å²) in [6.45, 7) is 5.42. The van der Waals surface area contributed by atoms with Crippen LogP contribution in [0.15, 0.2) is 23.2 Å². The minimum Gasteiger partial charge on any atom is -0.378 e. The van der Waals surface area contributed by atoms with Crippen LogP contribution in [0.4, 0.5) is 5.69 Å². The van der Waals surface area contributed by atoms with Gasteiger partial charge in [0.25, 0.3) is 0 Å². The highest BCUT2D eigenvalue weighted by Crippen LogP contribution is 2.52. The van der Waals surface area contributed by atoms with Gasteiger partial charge in [-0.25, -0.2) is 4.79 Å². The van der Waals surface area contributed by atoms with Crippen molar-refractivity contribution in [3.8, 4) is 0 Å². The van der Waals surface area contributed by atoms with Crippen molar-refractivity contribution in [2.75, 3.05) is 31.2 Å². The lowest BCUT2D eigenvalue weighted by molar-refractivity contribution is 0.122. The summed E-state index contributed by atoms with van der Waals surface area (Å²) in [5.41, 5.74) is 3.31. The third kappa shape index (κ3) is 2.29. The summed E-state index contributed by atoms with van der Waals surface area (Å²) < 4.78 is 5.41. The van der Waals surface area contributed by atoms with E-state index in [1.807, 2.05) is 0 Å². The lowest BCUT2D eigenvalue weighted by Gasteiger charge is -2.32. The summed E-state index contributed by atoms with van der Waals surface area (Å²) in [5, 5.41) is 0. The molecule has 0 aromatic heterocycles. The lowest BCUT2D eigenvalue weighted by atomic mass is 10.00. The topological polar surface area (TPSA) is 41.9 Å². The van der Waals surface area contributed by atoms with E-state index in [4.69, 9.17) is 4.74 Å². The Morgan fingerprint density at radius 1 is 1.32 bits per heavy atom. The quantitative estimate of drug-likeness (QED) is 0.616. The van der Waals surface area contributed by atoms with Crippen molar-refractivity contribution in [3.63, 3.8) is 0 Å². The van der Waals surface area contributed by atoms with Gasteiger partial charge in [-0.2, -0.15) is 4.99 Å². The molecule has 0 atom stereocenters. The molecule has 2 aliphatic rings. The molecule has 0 N–H and O–H groups in total. The summed E-state index contributed by atoms with van der Waals surface area (Å²) in [7, 11) is 0. The first kappa shape index (κ1) is 12.4. The average molecular weight is 258 g/mol. The number of aliphatic imine (C=N–C) groups is 1. The van der Waals surface area contributed by atoms with E-state index < -0.39 is 0 Å². The molecule has 4 nitrogen and oxygen atoms in total. The fourth-order valence-electron chi connectivity index (χ4n) is 2.75. The van der Waals surface area contributed by atoms with Crippen molar-refractivity contribution in [1.29, 1.82) is 0 Å². The third-order valence-corrected chi connectivity index (χ3v) is 3.99. The standard InChI is InChI=1S/C15H18N2O2/c1-12-2-3-13(15(4-5-15)16-11-18)14(10-12)17-6-8-19-9-7-17/h2-3,10H,4-9H2,1H3. The molecule has 0 unspecified atom stereocenters. The molecule has 2 fully saturated rings. The molecule has 1 aliphatic heterocycles. The van der Waals surface area contributed by atoms with Gasteiger partial charge in [-0.3, -0.25) is 0 Å². The van der Waals surface area contributed by atoms with Crippen LogP contribution in [-0.4, -0.2) is 32.4 Å². The van der Waals surface area contributed by atoms with E-state index in [0.29, 0.717) is 0 Å². The van der Waals surface area contributed by atoms with Crippen LogP contribution in [0.25, 0.3) is 0 Å². The molecular weight excluding hydrogens is 240 g/mol. The van der Waals surface area contributed by atoms with E-state index in [1.54, 1.807) is 6.08 Å². The summed E-state index contributed by atoms with van der Waals surface area (Å²) in [5.74, 6) is 0. The van der Waals surface area contributed by atoms with E-state index in [1.165, 1.54) is 16.8 Å². The highest BCUT2D eigenvalue weighted by Gasteiger charge is 2.46. The van der Waals surface area contributed by atoms with Gasteiger partial charge in [0.05, 0.1) is 13.2 Å². The number of carbonyl (C=O) groups excluding carboxylic acids is 1. The lowest BCUT2D eigenvalue weighted by Crippen LogP contribution is -2.37. The molecule has 4 heteroatoms. The van der Waals surface area contributed by atoms with Crippen molar-refractivity contribution in [2.24, 2.45) is 4.99 Å². The fourth-order valence-corrected chi connectivity index (χ4v) is 2.75. The summed E-state index contributed by atoms with van der Waals surface area (Å²) in [4.78, 5) is 17.1. The summed E-state index contributed by atoms with van der Waals surface area (Å²) in [6.07, 6.45) is 3.64. The Hall–Kier alpha value is -1.64. The Morgan fingerprint density at radius 2 is 2.05 bits per heavy atom. The van der Waals surface area contributed by atoms with Gasteiger partial charge in [0.2, 0.25) is 6.08 Å². The average Bonchev–Trinajstić information content (AvgIpc) is 3.21. The fraction of sp³-hybridized carbons (Fsp3) is 0.533. The Morgan fingerprint density at radius 3 is 2.68 bits per heavy atom. The highest BCUT2D eigenvalue weighted by molar-refractivity contribution is 5.61. The molecule has 1 saturated heterocycles. The molecule has 0 spiro atoms. The van der Waals surface area contributed by atoms with Crippen LogP contribution in [0.3, 0.4) is 0 Å². The van der Waals surface area contributed by atoms with E-state index in [-0.39, 0.29) is 5.54 Å². The SMILES string of the molecule is Cc1ccc(C2(N=C=O)CC2)c(N2CCOCC2)c1. The normalized spacial score (nSPS) is 20.8. The zero-order chi connectivity index (χ0) is 13.3. The Bertz CT molecular complexity index is 525. The van der Waals surface area contributed by atoms with Crippen molar-refractivity contribution >= 4 is 11.8 Å². The first-order valence-corrected chi connectivity index (χ1v) is 6.78. The molecule has 1 heterocycles. The second kappa shape index (κ2) is 4.80. The van der Waals surface area contributed by atoms with Crippen LogP contribution in [0, 0.1) is 6.92 Å². The van der Waals surface area contributed by atoms with Gasteiger partial charge in [0, 0.05) is 24.3 Å². The number of hydrogen-bond donors (Lipinski definition) is 0. The van der Waals surface area contributed by atoms with Gasteiger partial charge in [-0.1, -0.05) is 12.1 Å². The first-order chi connectivity index (χ1) is 9.25. The van der Waals surface area contributed by atoms with Gasteiger partial charge < -0.3 is 9.64 Å². The number of aryl methyl sites for hydroxylation is 1. The monoisotopic (exact) mass is 258 g/mol. The summed E-state index contributed by atoms with van der Waals surface area (Å²) >= 11 is 0. The first-order valence-electron chi connectivity index (χ1n) is 6.78. The number of rotatable bonds is 3. The van der Waals surface area contributed by atoms with Crippen LogP contribution in [-0.2, 0) is 15.1 Å². The Balaban J connectivity index is 2.01. The summed E-state index contributed by atoms with van der Waals surface area (Å²) in [6, 6.07) is 6.41. The van der Waals surface area contributed by atoms with Crippen molar-refractivity contribution < 1.29 is 9.53 Å². The molecule has 1 aromatic carbocycles. The number of hydrogen-bond acceptors (Lipinski definition) is 4. The Labute approximate surface area is 113 Å². The minimum absolute atomic E-state index is 0.302. The molecule has 100 valence electrons. The van der Waals surface area contributed by atoms with Crippen molar-refractivity contribution in [2.45, 2.75) is 25.3 Å². The van der Waals surface area contributed by atoms with Crippen LogP contribution in [0.1, 0.15) is 24.0 Å². The molecular formula is C15H18N2O2. The van der Waals surface area contributed by atoms with Gasteiger partial charge in [-0.15, -0.1) is 0 Å². The van der Waals surface area contributed by atoms with E-state index in [2.05, 4.69) is 35.0 Å². The number of isocyanates is 1. The van der Waals surface area contributed by atoms with E-state index in [9.17, 15) is 4.79 Å². The van der Waals surface area contributed by atoms with Gasteiger partial charge >= 0.3 is 0 Å². The molecule has 0 bridgehead atoms. The van der Waals surface area contributed by atoms with Crippen LogP contribution in [0.5, 0.6) is 0 Å². The molecule has 3 rings (SSSR count). The molecule has 19 heavy (non-hydrogen) atoms. The van der Waals surface area contributed by atoms with Crippen LogP contribution < -0.4 is 4.90 Å². The molecule has 1 aromatic rings. The molecule has 0 radical (unpaired) electrons. The predicted molar refractivity (Wildman–Crippen MR) is 73.2 cm³/mol. The maximum Gasteiger partial charge on any atom is 0.235 e. The second-order valence-electron chi connectivity index (χ2n) is 5.35. The zero-order valence-electron chi connectivity index (χ0n) is 11.2. The number of morpholine rings is 1. The number of anilines is 1. The number of nitrogens with zero attached hydrogens (tertiary/aromatic N) is 2. The second-order valence-corrected chi connectivity index (χ2v) is 5.35. The predicted octanol–water partition coefficient (Wildman–Crippen LogP) is 2.16. The molecule has 1 aliphatic carbocycles. The zero-order valence-corrected chi connectivity index (χ0v) is 11.2. The number of benzene rings is 1. The van der Waals surface area contributed by atoms with E-state index in [0.717, 1.165) is 39.1 Å². The van der Waals surface area contributed by atoms with Crippen LogP contribution >= 0.6 is 0 Å². The largest absolute Gasteiger partial charge is 0.378 e. The van der Waals surface area contributed by atoms with Gasteiger partial charge in [0.15, 0.2) is 0 Å². The van der Waals surface area contributed by atoms with Gasteiger partial charge in [0.1, 0.15) is 5.54 Å². The molecule has 1 saturated carbocycles. The highest BCUT2D eigenvalue weighted by atomic mass is 16.5. The maximum atomic E-state index is 10.7. The Kier molecular flexibility index (Phi) is 3.13. The van der Waals surface area contributed by atoms with E-state index >= 15 is 0 Å². The molecule has 0 amide bonds. The van der Waals surface area contributed by atoms with Crippen LogP contribution in [0.2, 0.25) is 0 Å². The van der Waals surface area contributed by atoms with Gasteiger partial charge in [-0.05, 0) is 31.4 Å². The van der Waals surface area contributed by atoms with Crippen molar-refractivity contribution in [3.05, 3.63) is 29.3 Å².